The summed E-state index contributed by atoms with van der Waals surface area (Å²) in [6.07, 6.45) is 8.00. The zero-order valence-corrected chi connectivity index (χ0v) is 95.7. The number of carboxylic acid groups (broad SMARTS) is 1. The number of amides is 9. The van der Waals surface area contributed by atoms with Crippen molar-refractivity contribution >= 4 is 136 Å². The largest absolute Gasteiger partial charge is 0.480 e. The van der Waals surface area contributed by atoms with Crippen LogP contribution in [0.25, 0.3) is 11.1 Å². The molecule has 0 fully saturated rings. The fourth-order valence-corrected chi connectivity index (χ4v) is 16.9. The maximum atomic E-state index is 14.1. The molecule has 1 aliphatic carbocycles. The highest BCUT2D eigenvalue weighted by Crippen LogP contribution is 2.45. The summed E-state index contributed by atoms with van der Waals surface area (Å²) in [5.41, 5.74) is 6.01. The van der Waals surface area contributed by atoms with Crippen LogP contribution in [0.2, 0.25) is 10.0 Å². The first kappa shape index (κ1) is 131. The van der Waals surface area contributed by atoms with Crippen molar-refractivity contribution in [2.75, 3.05) is 72.3 Å². The molecule has 0 aromatic heterocycles. The number of allylic oxidation sites excluding steroid dienone is 2. The summed E-state index contributed by atoms with van der Waals surface area (Å²) in [7, 11) is 5.78. The van der Waals surface area contributed by atoms with Gasteiger partial charge in [-0.1, -0.05) is 202 Å². The topological polar surface area (TPSA) is 425 Å². The minimum atomic E-state index is -1.37. The molecule has 2 unspecified atom stereocenters. The average Bonchev–Trinajstić information content (AvgIpc) is 1.61. The molecule has 148 heavy (non-hydrogen) atoms. The Morgan fingerprint density at radius 3 is 1.19 bits per heavy atom. The van der Waals surface area contributed by atoms with Gasteiger partial charge in [-0.3, -0.25) is 52.7 Å². The number of hydrogen-bond donors (Lipinski definition) is 7. The molecule has 0 heterocycles. The molecule has 0 saturated heterocycles. The molecule has 0 bridgehead atoms. The van der Waals surface area contributed by atoms with Gasteiger partial charge in [0.1, 0.15) is 42.4 Å². The second-order valence-electron chi connectivity index (χ2n) is 40.7. The van der Waals surface area contributed by atoms with Gasteiger partial charge in [0.2, 0.25) is 35.4 Å². The first-order valence-electron chi connectivity index (χ1n) is 50.4. The van der Waals surface area contributed by atoms with E-state index in [9.17, 15) is 77.0 Å². The number of halogens is 2. The highest BCUT2D eigenvalue weighted by atomic mass is 35.5. The Bertz CT molecular complexity index is 5170. The van der Waals surface area contributed by atoms with Crippen molar-refractivity contribution in [2.45, 2.75) is 309 Å². The summed E-state index contributed by atoms with van der Waals surface area (Å²) in [5, 5.41) is 34.1. The lowest BCUT2D eigenvalue weighted by Crippen LogP contribution is -2.56. The number of hydrogen-bond acceptors (Lipinski definition) is 24. The van der Waals surface area contributed by atoms with Crippen molar-refractivity contribution in [1.82, 2.24) is 46.2 Å². The van der Waals surface area contributed by atoms with Gasteiger partial charge in [-0.25, -0.2) is 19.2 Å². The molecule has 7 N–H and O–H groups in total. The number of aliphatic carboxylic acids is 1. The van der Waals surface area contributed by atoms with Crippen LogP contribution in [-0.4, -0.2) is 269 Å². The van der Waals surface area contributed by atoms with E-state index in [2.05, 4.69) is 38.7 Å². The lowest BCUT2D eigenvalue weighted by atomic mass is 9.89. The Balaban J connectivity index is 0.000000621. The molecule has 5 rings (SSSR count). The molecule has 822 valence electrons. The van der Waals surface area contributed by atoms with E-state index in [-0.39, 0.29) is 122 Å². The van der Waals surface area contributed by atoms with Crippen molar-refractivity contribution in [3.05, 3.63) is 176 Å². The molecular formula is C112H165Cl2N9O23S2. The molecule has 1 aliphatic rings. The van der Waals surface area contributed by atoms with Gasteiger partial charge in [0, 0.05) is 80.0 Å². The van der Waals surface area contributed by atoms with E-state index in [1.54, 1.807) is 95.3 Å². The fraction of sp³-hybridized carbons (Fsp3) is 0.580. The third-order valence-electron chi connectivity index (χ3n) is 26.1. The predicted octanol–water partition coefficient (Wildman–Crippen LogP) is 16.5. The molecule has 0 saturated carbocycles. The number of carbonyl (C=O) groups excluding carboxylic acids is 14. The van der Waals surface area contributed by atoms with E-state index in [0.29, 0.717) is 52.3 Å². The Morgan fingerprint density at radius 1 is 0.493 bits per heavy atom. The van der Waals surface area contributed by atoms with Crippen LogP contribution >= 0.6 is 46.7 Å². The van der Waals surface area contributed by atoms with Crippen LogP contribution in [0, 0.1) is 40.9 Å². The van der Waals surface area contributed by atoms with Gasteiger partial charge in [-0.15, -0.1) is 23.5 Å². The maximum absolute atomic E-state index is 14.1. The van der Waals surface area contributed by atoms with Gasteiger partial charge >= 0.3 is 30.0 Å². The number of thioether (sulfide) groups is 2. The quantitative estimate of drug-likeness (QED) is 0.00709. The molecule has 16 atom stereocenters. The highest BCUT2D eigenvalue weighted by Gasteiger charge is 2.42. The van der Waals surface area contributed by atoms with Gasteiger partial charge in [-0.2, -0.15) is 0 Å². The second-order valence-corrected chi connectivity index (χ2v) is 43.2. The van der Waals surface area contributed by atoms with E-state index in [0.717, 1.165) is 33.4 Å². The molecule has 0 spiro atoms. The van der Waals surface area contributed by atoms with E-state index in [1.165, 1.54) is 113 Å². The van der Waals surface area contributed by atoms with Crippen LogP contribution in [0.4, 0.5) is 4.79 Å². The van der Waals surface area contributed by atoms with E-state index in [4.69, 9.17) is 56.7 Å². The van der Waals surface area contributed by atoms with Crippen molar-refractivity contribution in [1.29, 1.82) is 0 Å². The summed E-state index contributed by atoms with van der Waals surface area (Å²) < 4.78 is 35.1. The molecule has 0 radical (unpaired) electrons. The predicted molar refractivity (Wildman–Crippen MR) is 582 cm³/mol. The van der Waals surface area contributed by atoms with Crippen LogP contribution in [0.5, 0.6) is 0 Å². The maximum Gasteiger partial charge on any atom is 0.408 e. The molecule has 0 aliphatic heterocycles. The zero-order chi connectivity index (χ0) is 112. The number of nitrogens with one attached hydrogen (secondary N) is 5. The van der Waals surface area contributed by atoms with Crippen molar-refractivity contribution in [3.63, 3.8) is 0 Å². The van der Waals surface area contributed by atoms with E-state index < -0.39 is 155 Å². The summed E-state index contributed by atoms with van der Waals surface area (Å²) in [6.45, 7) is 43.0. The number of ketones is 2. The number of benzene rings is 4. The number of carbonyl (C=O) groups is 15. The summed E-state index contributed by atoms with van der Waals surface area (Å²) >= 11 is 15.2. The molecule has 4 aromatic carbocycles. The van der Waals surface area contributed by atoms with Crippen LogP contribution in [0.1, 0.15) is 240 Å². The monoisotopic (exact) mass is 2140 g/mol. The van der Waals surface area contributed by atoms with E-state index in [1.807, 2.05) is 158 Å². The van der Waals surface area contributed by atoms with Crippen molar-refractivity contribution < 1.29 is 111 Å². The van der Waals surface area contributed by atoms with Crippen molar-refractivity contribution in [3.8, 4) is 11.1 Å². The van der Waals surface area contributed by atoms with Crippen LogP contribution < -0.4 is 26.6 Å². The minimum absolute atomic E-state index is 0.0453. The lowest BCUT2D eigenvalue weighted by molar-refractivity contribution is -0.161. The molecular weight excluding hydrogens is 1970 g/mol. The Hall–Kier alpha value is -10.8. The standard InChI is InChI=1S/C49H77ClN4O10S.C44H69ClN4O9S.C19H19NO4/c1-17-30(5)42(35(10)55)52-41(56)27-53(14)46(59)38(26-36-20-22-37(50)23-21-36)54(15)45(58)34(9)51-44(57)40(25-29(3)4)63-47(60)32(7)19-24-39(62-28-65-16)33(8)43(31(6)18-2)64-48(61)49(11,12)13;1-14-27(5)39(32(10)50)47-38(51)24-48(11)43(55)35(23-33-17-19-34(45)20-18-33)49(12)42(54)31(9)46-41(53)37(22-26(3)4)58-44(56)29(7)16-21-36(57-25-59-13)30(8)40(52)28(6)15-2;1-19(2,17(21)22)20-18(23)24-11-16-14-9-5-3-7-12(14)13-8-4-6-10-15(13)16/h18-23,29-30,33-34,38-40,42-43H,17,24-28H2,1-16H3,(H,51,57)(H,52,56);15-20,26-27,30-31,35-37,39-40,52H,14,21-25H2,1-13H3,(H,46,53)(H,47,51);3-10,16H,11H2,1-2H3,(H,20,23)(H,21,22)/b31-18+,32-19+;28-15+,29-16+;/t30?,33-,34-,38+,39-,40+,42-,43+;27?,30-,31-,35+,36-,37+,39-,40+;/m00./s1. The molecule has 36 heteroatoms. The third kappa shape index (κ3) is 42.6. The van der Waals surface area contributed by atoms with Crippen molar-refractivity contribution in [2.24, 2.45) is 40.9 Å². The Morgan fingerprint density at radius 2 is 0.858 bits per heavy atom. The van der Waals surface area contributed by atoms with Crippen LogP contribution in [0.15, 0.2) is 144 Å². The van der Waals surface area contributed by atoms with Gasteiger partial charge in [0.25, 0.3) is 11.8 Å². The lowest BCUT2D eigenvalue weighted by Gasteiger charge is -2.33. The number of aliphatic hydroxyl groups excluding tert-OH is 1. The number of fused-ring (bicyclic) bond motifs is 3. The molecule has 9 amide bonds. The number of carboxylic acids is 1. The van der Waals surface area contributed by atoms with Gasteiger partial charge < -0.3 is 84.8 Å². The SMILES string of the molecule is C/C=C(\C)[C@@H](O)[C@@H](C)[C@H](C/C=C(\C)C(=O)O[C@H](CC(C)C)C(=O)N[C@@H](C)C(=O)N(C)[C@H](Cc1ccc(Cl)cc1)C(=O)N(C)CC(=O)N[C@H](C(C)=O)C(C)CC)OCSC.C/C=C(\C)[C@@H](OC(=O)C(C)(C)C)[C@@H](C)[C@H](C/C=C(\C)C(=O)O[C@H](CC(C)C)C(=O)N[C@@H](C)C(=O)N(C)[C@H](Cc1ccc(Cl)cc1)C(=O)N(C)CC(=O)N[C@H](C(C)=O)C(C)CC)OCSC.CC(C)(NC(=O)OCC1c2ccccc2-c2ccccc21)C(=O)O. The number of Topliss-reactive ketones (excluding diaryl/α,β-unsaturated/α-hetero) is 2. The third-order valence-corrected chi connectivity index (χ3v) is 27.4. The number of ether oxygens (including phenoxy) is 6. The summed E-state index contributed by atoms with van der Waals surface area (Å²) in [4.78, 5) is 202. The normalized spacial score (nSPS) is 15.5. The zero-order valence-electron chi connectivity index (χ0n) is 92.5. The summed E-state index contributed by atoms with van der Waals surface area (Å²) in [6, 6.07) is 23.8. The number of aliphatic hydroxyl groups is 1. The van der Waals surface area contributed by atoms with Gasteiger partial charge in [-0.05, 0) is 235 Å². The highest BCUT2D eigenvalue weighted by molar-refractivity contribution is 7.98. The van der Waals surface area contributed by atoms with Gasteiger partial charge in [0.15, 0.2) is 23.8 Å². The number of esters is 3. The number of rotatable bonds is 55. The molecule has 4 aromatic rings. The number of nitrogens with zero attached hydrogens (tertiary/aromatic N) is 4. The number of alkyl carbamates (subject to hydrolysis) is 1. The minimum Gasteiger partial charge on any atom is -0.480 e. The first-order chi connectivity index (χ1) is 69.2. The smallest absolute Gasteiger partial charge is 0.408 e. The molecule has 32 nitrogen and oxygen atoms in total. The second kappa shape index (κ2) is 64.1. The van der Waals surface area contributed by atoms with E-state index >= 15 is 0 Å². The Labute approximate surface area is 895 Å². The van der Waals surface area contributed by atoms with Crippen LogP contribution in [-0.2, 0) is 108 Å². The number of likely N-dealkylation sites (N-methyl/N-ethyl adjacent to an activating group) is 4. The first-order valence-corrected chi connectivity index (χ1v) is 53.9. The summed E-state index contributed by atoms with van der Waals surface area (Å²) in [5.74, 6) is -8.15. The average molecular weight is 2140 g/mol. The Kier molecular flexibility index (Phi) is 56.9. The van der Waals surface area contributed by atoms with Gasteiger partial charge in [0.05, 0.1) is 60.8 Å². The fourth-order valence-electron chi connectivity index (χ4n) is 16.1. The van der Waals surface area contributed by atoms with Crippen LogP contribution in [0.3, 0.4) is 0 Å².